The van der Waals surface area contributed by atoms with Crippen molar-refractivity contribution in [2.75, 3.05) is 13.2 Å². The van der Waals surface area contributed by atoms with Gasteiger partial charge in [-0.1, -0.05) is 6.92 Å². The fraction of sp³-hybridized carbons (Fsp3) is 0.900. The zero-order valence-electron chi connectivity index (χ0n) is 8.78. The number of hydrogen-bond acceptors (Lipinski definition) is 4. The Kier molecular flexibility index (Phi) is 2.68. The molecular weight excluding hydrogens is 201 g/mol. The monoisotopic (exact) mass is 217 g/mol. The molecule has 86 valence electrons. The van der Waals surface area contributed by atoms with E-state index in [4.69, 9.17) is 14.7 Å². The fourth-order valence-electron chi connectivity index (χ4n) is 2.46. The Morgan fingerprint density at radius 2 is 2.13 bits per heavy atom. The molecule has 0 aromatic rings. The van der Waals surface area contributed by atoms with Crippen LogP contribution in [-0.4, -0.2) is 36.6 Å². The molecule has 1 spiro atoms. The van der Waals surface area contributed by atoms with Gasteiger partial charge in [-0.2, -0.15) is 0 Å². The number of alkyl halides is 1. The number of rotatable bonds is 1. The van der Waals surface area contributed by atoms with E-state index in [9.17, 15) is 4.39 Å². The van der Waals surface area contributed by atoms with Crippen molar-refractivity contribution in [3.63, 3.8) is 0 Å². The lowest BCUT2D eigenvalue weighted by molar-refractivity contribution is -0.201. The lowest BCUT2D eigenvalue weighted by Crippen LogP contribution is -2.47. The second-order valence-electron chi connectivity index (χ2n) is 4.54. The van der Waals surface area contributed by atoms with Crippen molar-refractivity contribution in [3.05, 3.63) is 0 Å². The van der Waals surface area contributed by atoms with Gasteiger partial charge in [0.1, 0.15) is 6.17 Å². The maximum absolute atomic E-state index is 13.7. The predicted octanol–water partition coefficient (Wildman–Crippen LogP) is 1.72. The van der Waals surface area contributed by atoms with E-state index in [2.05, 4.69) is 5.16 Å². The third-order valence-corrected chi connectivity index (χ3v) is 3.31. The lowest BCUT2D eigenvalue weighted by atomic mass is 9.72. The highest BCUT2D eigenvalue weighted by molar-refractivity contribution is 5.66. The molecule has 0 amide bonds. The molecule has 2 fully saturated rings. The van der Waals surface area contributed by atoms with Crippen LogP contribution in [0.1, 0.15) is 26.2 Å². The quantitative estimate of drug-likeness (QED) is 0.413. The average Bonchev–Trinajstić information content (AvgIpc) is 2.62. The minimum atomic E-state index is -1.01. The Morgan fingerprint density at radius 3 is 2.73 bits per heavy atom. The van der Waals surface area contributed by atoms with E-state index in [1.807, 2.05) is 0 Å². The van der Waals surface area contributed by atoms with Crippen LogP contribution in [0.3, 0.4) is 0 Å². The topological polar surface area (TPSA) is 51.1 Å². The smallest absolute Gasteiger partial charge is 0.169 e. The minimum Gasteiger partial charge on any atom is -0.411 e. The Balaban J connectivity index is 2.16. The van der Waals surface area contributed by atoms with Gasteiger partial charge < -0.3 is 14.7 Å². The Bertz CT molecular complexity index is 265. The van der Waals surface area contributed by atoms with Crippen LogP contribution in [-0.2, 0) is 9.47 Å². The number of oxime groups is 1. The summed E-state index contributed by atoms with van der Waals surface area (Å²) in [5.74, 6) is -0.654. The maximum atomic E-state index is 13.7. The van der Waals surface area contributed by atoms with Gasteiger partial charge in [0.25, 0.3) is 0 Å². The van der Waals surface area contributed by atoms with Crippen LogP contribution < -0.4 is 0 Å². The molecule has 4 nitrogen and oxygen atoms in total. The summed E-state index contributed by atoms with van der Waals surface area (Å²) in [7, 11) is 0. The summed E-state index contributed by atoms with van der Waals surface area (Å²) in [6.45, 7) is 2.84. The van der Waals surface area contributed by atoms with Gasteiger partial charge in [0.2, 0.25) is 0 Å². The van der Waals surface area contributed by atoms with E-state index in [1.165, 1.54) is 6.21 Å². The zero-order valence-corrected chi connectivity index (χ0v) is 8.78. The second-order valence-corrected chi connectivity index (χ2v) is 4.54. The molecule has 15 heavy (non-hydrogen) atoms. The molecule has 2 aliphatic rings. The Labute approximate surface area is 88.0 Å². The van der Waals surface area contributed by atoms with Crippen LogP contribution in [0.2, 0.25) is 0 Å². The summed E-state index contributed by atoms with van der Waals surface area (Å²) < 4.78 is 24.8. The first-order valence-electron chi connectivity index (χ1n) is 5.21. The Hall–Kier alpha value is -0.680. The van der Waals surface area contributed by atoms with E-state index in [1.54, 1.807) is 6.92 Å². The average molecular weight is 217 g/mol. The van der Waals surface area contributed by atoms with E-state index in [0.717, 1.165) is 0 Å². The largest absolute Gasteiger partial charge is 0.411 e. The summed E-state index contributed by atoms with van der Waals surface area (Å²) in [5.41, 5.74) is -0.794. The molecule has 1 aliphatic carbocycles. The van der Waals surface area contributed by atoms with Crippen LogP contribution in [0.4, 0.5) is 4.39 Å². The van der Waals surface area contributed by atoms with Gasteiger partial charge in [-0.15, -0.1) is 5.16 Å². The molecule has 1 saturated carbocycles. The molecule has 1 saturated heterocycles. The molecule has 0 radical (unpaired) electrons. The highest BCUT2D eigenvalue weighted by atomic mass is 19.1. The first kappa shape index (κ1) is 10.8. The third-order valence-electron chi connectivity index (χ3n) is 3.31. The molecule has 0 aromatic heterocycles. The molecule has 1 heterocycles. The summed E-state index contributed by atoms with van der Waals surface area (Å²) >= 11 is 0. The van der Waals surface area contributed by atoms with Gasteiger partial charge in [-0.05, 0) is 6.42 Å². The fourth-order valence-corrected chi connectivity index (χ4v) is 2.46. The van der Waals surface area contributed by atoms with Gasteiger partial charge in [0, 0.05) is 18.3 Å². The van der Waals surface area contributed by atoms with Gasteiger partial charge in [0.05, 0.1) is 19.4 Å². The summed E-state index contributed by atoms with van der Waals surface area (Å²) in [5, 5.41) is 11.5. The van der Waals surface area contributed by atoms with E-state index in [0.29, 0.717) is 32.5 Å². The van der Waals surface area contributed by atoms with Crippen LogP contribution >= 0.6 is 0 Å². The van der Waals surface area contributed by atoms with Crippen molar-refractivity contribution in [1.82, 2.24) is 0 Å². The SMILES string of the molecule is C[C@@]1(/C=N/O)CC2(CC[C@@H]1F)OCCO2. The minimum absolute atomic E-state index is 0.377. The van der Waals surface area contributed by atoms with E-state index < -0.39 is 17.4 Å². The third kappa shape index (κ3) is 1.86. The van der Waals surface area contributed by atoms with Crippen molar-refractivity contribution < 1.29 is 19.1 Å². The van der Waals surface area contributed by atoms with Crippen LogP contribution in [0.25, 0.3) is 0 Å². The van der Waals surface area contributed by atoms with Crippen LogP contribution in [0, 0.1) is 5.41 Å². The Morgan fingerprint density at radius 1 is 1.47 bits per heavy atom. The number of nitrogens with zero attached hydrogens (tertiary/aromatic N) is 1. The molecule has 0 bridgehead atoms. The number of hydrogen-bond donors (Lipinski definition) is 1. The van der Waals surface area contributed by atoms with E-state index >= 15 is 0 Å². The number of halogens is 1. The van der Waals surface area contributed by atoms with Gasteiger partial charge in [-0.3, -0.25) is 0 Å². The molecule has 0 aromatic carbocycles. The zero-order chi connectivity index (χ0) is 10.9. The molecule has 1 N–H and O–H groups in total. The maximum Gasteiger partial charge on any atom is 0.169 e. The summed E-state index contributed by atoms with van der Waals surface area (Å²) in [4.78, 5) is 0. The van der Waals surface area contributed by atoms with Crippen molar-refractivity contribution in [2.45, 2.75) is 38.1 Å². The van der Waals surface area contributed by atoms with Crippen LogP contribution in [0.15, 0.2) is 5.16 Å². The van der Waals surface area contributed by atoms with Gasteiger partial charge >= 0.3 is 0 Å². The standard InChI is InChI=1S/C10H16FNO3/c1-9(7-12-13)6-10(3-2-8(9)11)14-4-5-15-10/h7-8,13H,2-6H2,1H3/b12-7+/t8-,9-/m0/s1. The summed E-state index contributed by atoms with van der Waals surface area (Å²) in [6.07, 6.45) is 1.60. The predicted molar refractivity (Wildman–Crippen MR) is 51.8 cm³/mol. The molecule has 2 atom stereocenters. The van der Waals surface area contributed by atoms with Gasteiger partial charge in [0.15, 0.2) is 5.79 Å². The molecular formula is C10H16FNO3. The number of ether oxygens (including phenoxy) is 2. The molecule has 0 unspecified atom stereocenters. The van der Waals surface area contributed by atoms with Gasteiger partial charge in [-0.25, -0.2) is 4.39 Å². The highest BCUT2D eigenvalue weighted by Crippen LogP contribution is 2.45. The molecule has 2 rings (SSSR count). The van der Waals surface area contributed by atoms with Crippen molar-refractivity contribution in [2.24, 2.45) is 10.6 Å². The van der Waals surface area contributed by atoms with Crippen molar-refractivity contribution >= 4 is 6.21 Å². The van der Waals surface area contributed by atoms with E-state index in [-0.39, 0.29) is 0 Å². The highest BCUT2D eigenvalue weighted by Gasteiger charge is 2.51. The van der Waals surface area contributed by atoms with Crippen molar-refractivity contribution in [1.29, 1.82) is 0 Å². The molecule has 1 aliphatic heterocycles. The van der Waals surface area contributed by atoms with Crippen molar-refractivity contribution in [3.8, 4) is 0 Å². The second kappa shape index (κ2) is 3.72. The lowest BCUT2D eigenvalue weighted by Gasteiger charge is -2.42. The molecule has 5 heteroatoms. The first-order valence-corrected chi connectivity index (χ1v) is 5.21. The normalized spacial score (nSPS) is 40.3. The summed E-state index contributed by atoms with van der Waals surface area (Å²) in [6, 6.07) is 0. The first-order chi connectivity index (χ1) is 7.10. The van der Waals surface area contributed by atoms with Crippen LogP contribution in [0.5, 0.6) is 0 Å².